The first-order chi connectivity index (χ1) is 12.0. The lowest BCUT2D eigenvalue weighted by Crippen LogP contribution is -2.41. The van der Waals surface area contributed by atoms with Crippen LogP contribution in [0.5, 0.6) is 0 Å². The summed E-state index contributed by atoms with van der Waals surface area (Å²) in [5, 5.41) is 3.08. The summed E-state index contributed by atoms with van der Waals surface area (Å²) in [5.41, 5.74) is 4.26. The summed E-state index contributed by atoms with van der Waals surface area (Å²) in [6, 6.07) is 8.28. The molecule has 0 atom stereocenters. The molecule has 3 rings (SSSR count). The van der Waals surface area contributed by atoms with Crippen LogP contribution in [0.1, 0.15) is 35.4 Å². The second-order valence-corrected chi connectivity index (χ2v) is 6.89. The molecule has 1 aromatic heterocycles. The SMILES string of the molecule is Cc1ccc(CNC(=O)C2CCN(c3nc(C)cnc3C)CC2)cc1. The van der Waals surface area contributed by atoms with Gasteiger partial charge in [0.15, 0.2) is 0 Å². The summed E-state index contributed by atoms with van der Waals surface area (Å²) >= 11 is 0. The summed E-state index contributed by atoms with van der Waals surface area (Å²) in [7, 11) is 0. The molecule has 0 aliphatic carbocycles. The van der Waals surface area contributed by atoms with E-state index in [4.69, 9.17) is 0 Å². The molecule has 2 aromatic rings. The number of rotatable bonds is 4. The van der Waals surface area contributed by atoms with Crippen LogP contribution in [0.3, 0.4) is 0 Å². The van der Waals surface area contributed by atoms with Crippen molar-refractivity contribution in [3.63, 3.8) is 0 Å². The molecular formula is C20H26N4O. The van der Waals surface area contributed by atoms with Crippen LogP contribution in [-0.2, 0) is 11.3 Å². The van der Waals surface area contributed by atoms with Crippen molar-refractivity contribution >= 4 is 11.7 Å². The van der Waals surface area contributed by atoms with Gasteiger partial charge in [-0.3, -0.25) is 9.78 Å². The van der Waals surface area contributed by atoms with Crippen LogP contribution in [-0.4, -0.2) is 29.0 Å². The second kappa shape index (κ2) is 7.64. The van der Waals surface area contributed by atoms with Gasteiger partial charge >= 0.3 is 0 Å². The smallest absolute Gasteiger partial charge is 0.223 e. The normalized spacial score (nSPS) is 15.2. The molecule has 0 spiro atoms. The van der Waals surface area contributed by atoms with Gasteiger partial charge in [0.1, 0.15) is 5.82 Å². The molecule has 1 aromatic carbocycles. The third-order valence-corrected chi connectivity index (χ3v) is 4.80. The Balaban J connectivity index is 1.52. The lowest BCUT2D eigenvalue weighted by Gasteiger charge is -2.32. The number of hydrogen-bond acceptors (Lipinski definition) is 4. The Morgan fingerprint density at radius 2 is 1.84 bits per heavy atom. The van der Waals surface area contributed by atoms with Crippen molar-refractivity contribution in [1.82, 2.24) is 15.3 Å². The van der Waals surface area contributed by atoms with Crippen molar-refractivity contribution in [3.8, 4) is 0 Å². The third-order valence-electron chi connectivity index (χ3n) is 4.80. The Morgan fingerprint density at radius 3 is 2.52 bits per heavy atom. The first kappa shape index (κ1) is 17.4. The standard InChI is InChI=1S/C20H26N4O/c1-14-4-6-17(7-5-14)13-22-20(25)18-8-10-24(11-9-18)19-16(3)21-12-15(2)23-19/h4-7,12,18H,8-11,13H2,1-3H3,(H,22,25). The fourth-order valence-electron chi connectivity index (χ4n) is 3.22. The highest BCUT2D eigenvalue weighted by Crippen LogP contribution is 2.24. The average molecular weight is 338 g/mol. The number of aromatic nitrogens is 2. The molecule has 0 saturated carbocycles. The van der Waals surface area contributed by atoms with Crippen LogP contribution in [0.25, 0.3) is 0 Å². The lowest BCUT2D eigenvalue weighted by molar-refractivity contribution is -0.125. The number of piperidine rings is 1. The number of nitrogens with zero attached hydrogens (tertiary/aromatic N) is 3. The molecule has 1 aliphatic heterocycles. The number of aryl methyl sites for hydroxylation is 3. The summed E-state index contributed by atoms with van der Waals surface area (Å²) in [6.45, 7) is 8.31. The zero-order valence-electron chi connectivity index (χ0n) is 15.2. The van der Waals surface area contributed by atoms with E-state index in [9.17, 15) is 4.79 Å². The molecule has 25 heavy (non-hydrogen) atoms. The fourth-order valence-corrected chi connectivity index (χ4v) is 3.22. The highest BCUT2D eigenvalue weighted by molar-refractivity contribution is 5.79. The van der Waals surface area contributed by atoms with Gasteiger partial charge in [0.05, 0.1) is 11.4 Å². The number of amides is 1. The van der Waals surface area contributed by atoms with Gasteiger partial charge in [-0.25, -0.2) is 4.98 Å². The minimum Gasteiger partial charge on any atom is -0.355 e. The Kier molecular flexibility index (Phi) is 5.31. The van der Waals surface area contributed by atoms with E-state index in [-0.39, 0.29) is 11.8 Å². The summed E-state index contributed by atoms with van der Waals surface area (Å²) in [5.74, 6) is 1.20. The van der Waals surface area contributed by atoms with E-state index in [0.717, 1.165) is 48.7 Å². The summed E-state index contributed by atoms with van der Waals surface area (Å²) in [6.07, 6.45) is 3.51. The molecule has 5 heteroatoms. The second-order valence-electron chi connectivity index (χ2n) is 6.89. The monoisotopic (exact) mass is 338 g/mol. The van der Waals surface area contributed by atoms with E-state index in [1.807, 2.05) is 13.8 Å². The molecule has 1 fully saturated rings. The van der Waals surface area contributed by atoms with Crippen molar-refractivity contribution < 1.29 is 4.79 Å². The van der Waals surface area contributed by atoms with Crippen LogP contribution in [0.2, 0.25) is 0 Å². The van der Waals surface area contributed by atoms with Crippen molar-refractivity contribution in [2.24, 2.45) is 5.92 Å². The third kappa shape index (κ3) is 4.35. The summed E-state index contributed by atoms with van der Waals surface area (Å²) < 4.78 is 0. The molecule has 5 nitrogen and oxygen atoms in total. The maximum absolute atomic E-state index is 12.4. The highest BCUT2D eigenvalue weighted by Gasteiger charge is 2.26. The first-order valence-electron chi connectivity index (χ1n) is 8.91. The molecule has 1 N–H and O–H groups in total. The van der Waals surface area contributed by atoms with Crippen LogP contribution < -0.4 is 10.2 Å². The average Bonchev–Trinajstić information content (AvgIpc) is 2.63. The predicted molar refractivity (Wildman–Crippen MR) is 99.5 cm³/mol. The molecule has 132 valence electrons. The van der Waals surface area contributed by atoms with Crippen molar-refractivity contribution in [1.29, 1.82) is 0 Å². The van der Waals surface area contributed by atoms with Gasteiger partial charge in [-0.05, 0) is 39.2 Å². The molecule has 1 saturated heterocycles. The van der Waals surface area contributed by atoms with Crippen molar-refractivity contribution in [3.05, 3.63) is 53.0 Å². The van der Waals surface area contributed by atoms with Gasteiger partial charge in [0, 0.05) is 31.7 Å². The van der Waals surface area contributed by atoms with E-state index in [0.29, 0.717) is 6.54 Å². The van der Waals surface area contributed by atoms with Crippen molar-refractivity contribution in [2.45, 2.75) is 40.2 Å². The van der Waals surface area contributed by atoms with Crippen LogP contribution in [0.4, 0.5) is 5.82 Å². The first-order valence-corrected chi connectivity index (χ1v) is 8.91. The number of anilines is 1. The zero-order chi connectivity index (χ0) is 17.8. The molecule has 0 unspecified atom stereocenters. The zero-order valence-corrected chi connectivity index (χ0v) is 15.2. The Labute approximate surface area is 149 Å². The quantitative estimate of drug-likeness (QED) is 0.931. The van der Waals surface area contributed by atoms with Crippen LogP contribution >= 0.6 is 0 Å². The molecule has 0 radical (unpaired) electrons. The van der Waals surface area contributed by atoms with Gasteiger partial charge in [-0.1, -0.05) is 29.8 Å². The Bertz CT molecular complexity index is 734. The summed E-state index contributed by atoms with van der Waals surface area (Å²) in [4.78, 5) is 23.7. The minimum atomic E-state index is 0.0831. The predicted octanol–water partition coefficient (Wildman–Crippen LogP) is 2.93. The number of hydrogen-bond donors (Lipinski definition) is 1. The van der Waals surface area contributed by atoms with E-state index in [1.54, 1.807) is 6.20 Å². The minimum absolute atomic E-state index is 0.0831. The molecular weight excluding hydrogens is 312 g/mol. The van der Waals surface area contributed by atoms with Gasteiger partial charge in [-0.2, -0.15) is 0 Å². The number of carbonyl (C=O) groups is 1. The van der Waals surface area contributed by atoms with E-state index in [2.05, 4.69) is 51.4 Å². The lowest BCUT2D eigenvalue weighted by atomic mass is 9.95. The van der Waals surface area contributed by atoms with E-state index < -0.39 is 0 Å². The van der Waals surface area contributed by atoms with Crippen LogP contribution in [0, 0.1) is 26.7 Å². The fraction of sp³-hybridized carbons (Fsp3) is 0.450. The van der Waals surface area contributed by atoms with Gasteiger partial charge in [0.25, 0.3) is 0 Å². The molecule has 1 amide bonds. The van der Waals surface area contributed by atoms with Gasteiger partial charge in [-0.15, -0.1) is 0 Å². The van der Waals surface area contributed by atoms with E-state index >= 15 is 0 Å². The van der Waals surface area contributed by atoms with Crippen molar-refractivity contribution in [2.75, 3.05) is 18.0 Å². The Hall–Kier alpha value is -2.43. The maximum Gasteiger partial charge on any atom is 0.223 e. The largest absolute Gasteiger partial charge is 0.355 e. The number of carbonyl (C=O) groups excluding carboxylic acids is 1. The highest BCUT2D eigenvalue weighted by atomic mass is 16.1. The number of nitrogens with one attached hydrogen (secondary N) is 1. The Morgan fingerprint density at radius 1 is 1.16 bits per heavy atom. The van der Waals surface area contributed by atoms with Gasteiger partial charge in [0.2, 0.25) is 5.91 Å². The topological polar surface area (TPSA) is 58.1 Å². The van der Waals surface area contributed by atoms with Crippen LogP contribution in [0.15, 0.2) is 30.5 Å². The molecule has 0 bridgehead atoms. The molecule has 1 aliphatic rings. The maximum atomic E-state index is 12.4. The van der Waals surface area contributed by atoms with Gasteiger partial charge < -0.3 is 10.2 Å². The molecule has 2 heterocycles. The number of benzene rings is 1. The van der Waals surface area contributed by atoms with E-state index in [1.165, 1.54) is 5.56 Å².